The van der Waals surface area contributed by atoms with Crippen LogP contribution in [0, 0.1) is 0 Å². The van der Waals surface area contributed by atoms with Gasteiger partial charge in [0.2, 0.25) is 0 Å². The molecular weight excluding hydrogens is 824 g/mol. The summed E-state index contributed by atoms with van der Waals surface area (Å²) in [6.07, 6.45) is 9.12. The molecule has 6 rings (SSSR count). The SMILES string of the molecule is CC(C)Oc1ccc(CCCNc2ccc(CNCCCO[P+](=O)OCCCNCc3ccc(NCCCc4ccc(OC(C)C)cc4)c(-c4ccco4)c3)cc2-c2ccco2)cc1. The predicted octanol–water partition coefficient (Wildman–Crippen LogP) is 12.2. The molecule has 4 aromatic carbocycles. The van der Waals surface area contributed by atoms with Crippen molar-refractivity contribution in [3.8, 4) is 34.1 Å². The number of nitrogens with one attached hydrogen (secondary N) is 4. The summed E-state index contributed by atoms with van der Waals surface area (Å²) in [5.74, 6) is 3.47. The Hall–Kier alpha value is -5.42. The lowest BCUT2D eigenvalue weighted by Gasteiger charge is -2.13. The molecule has 0 bridgehead atoms. The summed E-state index contributed by atoms with van der Waals surface area (Å²) >= 11 is 0. The summed E-state index contributed by atoms with van der Waals surface area (Å²) in [5, 5.41) is 14.2. The average Bonchev–Trinajstić information content (AvgIpc) is 4.04. The van der Waals surface area contributed by atoms with Crippen LogP contribution in [0.25, 0.3) is 22.6 Å². The van der Waals surface area contributed by atoms with Gasteiger partial charge in [-0.3, -0.25) is 0 Å². The summed E-state index contributed by atoms with van der Waals surface area (Å²) in [4.78, 5) is 0. The van der Waals surface area contributed by atoms with Crippen LogP contribution < -0.4 is 30.7 Å². The number of hydrogen-bond donors (Lipinski definition) is 4. The number of hydrogen-bond acceptors (Lipinski definition) is 11. The van der Waals surface area contributed by atoms with Crippen LogP contribution >= 0.6 is 8.25 Å². The maximum absolute atomic E-state index is 12.4. The number of furan rings is 2. The summed E-state index contributed by atoms with van der Waals surface area (Å²) in [7, 11) is -2.17. The van der Waals surface area contributed by atoms with E-state index in [-0.39, 0.29) is 12.2 Å². The van der Waals surface area contributed by atoms with E-state index in [4.69, 9.17) is 27.4 Å². The molecular formula is C52H66N4O7P+. The summed E-state index contributed by atoms with van der Waals surface area (Å²) < 4.78 is 46.4. The molecule has 0 radical (unpaired) electrons. The Labute approximate surface area is 380 Å². The van der Waals surface area contributed by atoms with Crippen LogP contribution in [0.5, 0.6) is 11.5 Å². The highest BCUT2D eigenvalue weighted by atomic mass is 31.1. The highest BCUT2D eigenvalue weighted by Crippen LogP contribution is 2.31. The van der Waals surface area contributed by atoms with Crippen LogP contribution in [-0.4, -0.2) is 51.6 Å². The fourth-order valence-corrected chi connectivity index (χ4v) is 7.83. The highest BCUT2D eigenvalue weighted by Gasteiger charge is 2.19. The number of benzene rings is 4. The van der Waals surface area contributed by atoms with Crippen molar-refractivity contribution in [2.45, 2.75) is 91.5 Å². The number of aryl methyl sites for hydroxylation is 2. The van der Waals surface area contributed by atoms with E-state index in [0.717, 1.165) is 109 Å². The zero-order chi connectivity index (χ0) is 44.8. The van der Waals surface area contributed by atoms with Gasteiger partial charge in [0.05, 0.1) is 24.7 Å². The molecule has 0 aliphatic rings. The molecule has 0 aliphatic heterocycles. The quantitative estimate of drug-likeness (QED) is 0.0255. The van der Waals surface area contributed by atoms with Gasteiger partial charge in [-0.25, -0.2) is 0 Å². The van der Waals surface area contributed by atoms with Gasteiger partial charge in [0.25, 0.3) is 0 Å². The molecule has 0 spiro atoms. The molecule has 2 aromatic heterocycles. The Bertz CT molecular complexity index is 2070. The maximum atomic E-state index is 12.4. The van der Waals surface area contributed by atoms with Gasteiger partial charge in [0, 0.05) is 53.2 Å². The molecule has 64 heavy (non-hydrogen) atoms. The van der Waals surface area contributed by atoms with Crippen molar-refractivity contribution >= 4 is 19.6 Å². The molecule has 6 aromatic rings. The molecule has 0 aliphatic carbocycles. The summed E-state index contributed by atoms with van der Waals surface area (Å²) in [5.41, 5.74) is 9.04. The van der Waals surface area contributed by atoms with Crippen LogP contribution in [0.1, 0.15) is 75.6 Å². The van der Waals surface area contributed by atoms with Gasteiger partial charge >= 0.3 is 8.25 Å². The van der Waals surface area contributed by atoms with E-state index in [0.29, 0.717) is 39.1 Å². The first kappa shape index (κ1) is 48.0. The minimum atomic E-state index is -2.17. The second-order valence-corrected chi connectivity index (χ2v) is 17.3. The Morgan fingerprint density at radius 1 is 0.516 bits per heavy atom. The van der Waals surface area contributed by atoms with Crippen molar-refractivity contribution in [1.29, 1.82) is 0 Å². The van der Waals surface area contributed by atoms with Crippen LogP contribution in [-0.2, 0) is 39.5 Å². The van der Waals surface area contributed by atoms with Gasteiger partial charge in [-0.15, -0.1) is 9.05 Å². The Kier molecular flexibility index (Phi) is 19.8. The molecule has 0 unspecified atom stereocenters. The largest absolute Gasteiger partial charge is 0.697 e. The van der Waals surface area contributed by atoms with Gasteiger partial charge in [-0.05, 0) is 174 Å². The zero-order valence-corrected chi connectivity index (χ0v) is 38.8. The van der Waals surface area contributed by atoms with Gasteiger partial charge in [0.1, 0.15) is 36.2 Å². The molecule has 2 heterocycles. The Morgan fingerprint density at radius 3 is 1.33 bits per heavy atom. The topological polar surface area (TPSA) is 128 Å². The molecule has 0 saturated heterocycles. The van der Waals surface area contributed by atoms with Crippen LogP contribution in [0.2, 0.25) is 0 Å². The third-order valence-corrected chi connectivity index (χ3v) is 11.1. The molecule has 0 saturated carbocycles. The predicted molar refractivity (Wildman–Crippen MR) is 258 cm³/mol. The van der Waals surface area contributed by atoms with Crippen LogP contribution in [0.3, 0.4) is 0 Å². The smallest absolute Gasteiger partial charge is 0.491 e. The minimum Gasteiger partial charge on any atom is -0.491 e. The van der Waals surface area contributed by atoms with Crippen molar-refractivity contribution in [3.05, 3.63) is 144 Å². The van der Waals surface area contributed by atoms with E-state index in [2.05, 4.69) is 81.9 Å². The second-order valence-electron chi connectivity index (χ2n) is 16.3. The van der Waals surface area contributed by atoms with E-state index < -0.39 is 8.25 Å². The number of rotatable bonds is 30. The number of ether oxygens (including phenoxy) is 2. The molecule has 0 atom stereocenters. The fraction of sp³-hybridized carbons (Fsp3) is 0.385. The lowest BCUT2D eigenvalue weighted by Crippen LogP contribution is -2.16. The summed E-state index contributed by atoms with van der Waals surface area (Å²) in [6.45, 7) is 13.4. The van der Waals surface area contributed by atoms with Crippen molar-refractivity contribution in [1.82, 2.24) is 10.6 Å². The molecule has 0 amide bonds. The second kappa shape index (κ2) is 26.4. The average molecular weight is 890 g/mol. The van der Waals surface area contributed by atoms with Crippen molar-refractivity contribution in [2.75, 3.05) is 50.0 Å². The zero-order valence-electron chi connectivity index (χ0n) is 37.9. The van der Waals surface area contributed by atoms with E-state index in [9.17, 15) is 4.57 Å². The summed E-state index contributed by atoms with van der Waals surface area (Å²) in [6, 6.07) is 37.4. The minimum absolute atomic E-state index is 0.169. The molecule has 4 N–H and O–H groups in total. The lowest BCUT2D eigenvalue weighted by molar-refractivity contribution is 0.220. The number of anilines is 2. The standard InChI is InChI=1S/C52H66N4O7P/c1-39(2)62-45-21-15-41(16-22-45)11-5-29-55-49-25-19-43(35-47(49)51-13-7-31-58-51)37-53-27-9-33-60-64(57)61-34-10-28-54-38-44-20-26-50(48(36-44)52-14-8-32-59-52)56-30-6-12-42-17-23-46(24-18-42)63-40(3)4/h7-8,13-26,31-32,35-36,39-40,53-56H,5-6,9-12,27-30,33-34,37-38H2,1-4H3/q+1. The van der Waals surface area contributed by atoms with E-state index >= 15 is 0 Å². The van der Waals surface area contributed by atoms with E-state index in [1.54, 1.807) is 12.5 Å². The van der Waals surface area contributed by atoms with Crippen LogP contribution in [0.4, 0.5) is 11.4 Å². The molecule has 0 fully saturated rings. The third kappa shape index (κ3) is 16.6. The Morgan fingerprint density at radius 2 is 0.938 bits per heavy atom. The van der Waals surface area contributed by atoms with Gasteiger partial charge in [0.15, 0.2) is 0 Å². The monoisotopic (exact) mass is 889 g/mol. The normalized spacial score (nSPS) is 11.3. The van der Waals surface area contributed by atoms with Crippen LogP contribution in [0.15, 0.2) is 131 Å². The first-order valence-corrected chi connectivity index (χ1v) is 23.9. The highest BCUT2D eigenvalue weighted by molar-refractivity contribution is 7.33. The van der Waals surface area contributed by atoms with Gasteiger partial charge in [-0.1, -0.05) is 36.4 Å². The first-order chi connectivity index (χ1) is 31.3. The Balaban J connectivity index is 0.823. The maximum Gasteiger partial charge on any atom is 0.697 e. The fourth-order valence-electron chi connectivity index (χ4n) is 7.20. The first-order valence-electron chi connectivity index (χ1n) is 22.8. The van der Waals surface area contributed by atoms with Crippen molar-refractivity contribution < 1.29 is 31.9 Å². The molecule has 340 valence electrons. The van der Waals surface area contributed by atoms with Gasteiger partial charge < -0.3 is 39.6 Å². The van der Waals surface area contributed by atoms with Gasteiger partial charge in [-0.2, -0.15) is 0 Å². The van der Waals surface area contributed by atoms with E-state index in [1.165, 1.54) is 11.1 Å². The molecule has 11 nitrogen and oxygen atoms in total. The van der Waals surface area contributed by atoms with Crippen molar-refractivity contribution in [3.63, 3.8) is 0 Å². The molecule has 12 heteroatoms. The van der Waals surface area contributed by atoms with E-state index in [1.807, 2.05) is 76.2 Å². The third-order valence-electron chi connectivity index (χ3n) is 10.3. The van der Waals surface area contributed by atoms with Crippen molar-refractivity contribution in [2.24, 2.45) is 0 Å². The lowest BCUT2D eigenvalue weighted by atomic mass is 10.1.